The van der Waals surface area contributed by atoms with E-state index in [1.807, 2.05) is 0 Å². The van der Waals surface area contributed by atoms with Crippen molar-refractivity contribution in [3.05, 3.63) is 30.0 Å². The molecule has 3 rings (SSSR count). The van der Waals surface area contributed by atoms with Gasteiger partial charge in [-0.25, -0.2) is 23.2 Å². The van der Waals surface area contributed by atoms with Gasteiger partial charge in [-0.1, -0.05) is 11.6 Å². The van der Waals surface area contributed by atoms with Crippen molar-refractivity contribution in [2.45, 2.75) is 56.3 Å². The van der Waals surface area contributed by atoms with Gasteiger partial charge in [-0.05, 0) is 56.4 Å². The highest BCUT2D eigenvalue weighted by Crippen LogP contribution is 2.35. The minimum atomic E-state index is -4.92. The van der Waals surface area contributed by atoms with Crippen LogP contribution in [0.15, 0.2) is 34.6 Å². The van der Waals surface area contributed by atoms with Crippen LogP contribution < -0.4 is 9.47 Å². The van der Waals surface area contributed by atoms with Gasteiger partial charge in [0.05, 0.1) is 31.4 Å². The maximum atomic E-state index is 13.5. The van der Waals surface area contributed by atoms with Crippen molar-refractivity contribution in [1.29, 1.82) is 0 Å². The summed E-state index contributed by atoms with van der Waals surface area (Å²) >= 11 is 0. The Hall–Kier alpha value is -3.22. The van der Waals surface area contributed by atoms with E-state index in [0.717, 1.165) is 37.8 Å². The number of carbonyl (C=O) groups is 1. The highest BCUT2D eigenvalue weighted by molar-refractivity contribution is 7.91. The Morgan fingerprint density at radius 1 is 1.03 bits per heavy atom. The first-order valence-corrected chi connectivity index (χ1v) is 12.9. The molecule has 9 nitrogen and oxygen atoms in total. The minimum Gasteiger partial charge on any atom is -0.493 e. The molecule has 0 saturated heterocycles. The number of nitrogens with zero attached hydrogens (tertiary/aromatic N) is 3. The normalized spacial score (nSPS) is 14.3. The van der Waals surface area contributed by atoms with Crippen LogP contribution in [0.2, 0.25) is 0 Å². The molecule has 0 amide bonds. The number of hydrogen-bond acceptors (Lipinski definition) is 9. The van der Waals surface area contributed by atoms with E-state index in [4.69, 9.17) is 14.3 Å². The molecule has 2 aromatic rings. The summed E-state index contributed by atoms with van der Waals surface area (Å²) in [6, 6.07) is 4.91. The molecule has 0 radical (unpaired) electrons. The summed E-state index contributed by atoms with van der Waals surface area (Å²) in [6.45, 7) is 0. The lowest BCUT2D eigenvalue weighted by Crippen LogP contribution is -2.17. The van der Waals surface area contributed by atoms with Gasteiger partial charge >= 0.3 is 12.1 Å². The molecule has 0 bridgehead atoms. The third-order valence-corrected chi connectivity index (χ3v) is 7.02. The smallest absolute Gasteiger partial charge is 0.433 e. The summed E-state index contributed by atoms with van der Waals surface area (Å²) in [6.07, 6.45) is -0.868. The van der Waals surface area contributed by atoms with E-state index in [9.17, 15) is 26.4 Å². The van der Waals surface area contributed by atoms with Crippen LogP contribution in [0.3, 0.4) is 0 Å². The van der Waals surface area contributed by atoms with Gasteiger partial charge in [0.25, 0.3) is 0 Å². The van der Waals surface area contributed by atoms with Crippen molar-refractivity contribution in [2.24, 2.45) is 5.16 Å². The van der Waals surface area contributed by atoms with Gasteiger partial charge in [0.2, 0.25) is 15.0 Å². The largest absolute Gasteiger partial charge is 0.493 e. The molecule has 1 aromatic carbocycles. The van der Waals surface area contributed by atoms with E-state index in [0.29, 0.717) is 11.8 Å². The fourth-order valence-electron chi connectivity index (χ4n) is 3.56. The van der Waals surface area contributed by atoms with E-state index in [-0.39, 0.29) is 29.8 Å². The van der Waals surface area contributed by atoms with E-state index < -0.39 is 38.6 Å². The average molecular weight is 530 g/mol. The van der Waals surface area contributed by atoms with E-state index in [1.54, 1.807) is 0 Å². The van der Waals surface area contributed by atoms with Crippen molar-refractivity contribution in [2.75, 3.05) is 20.0 Å². The SMILES string of the molecule is COc1ccc(-c2cc(C(F)(F)F)nc(S(=O)(=O)CCCC(=O)ON=C3CCCCC3)n2)cc1OC. The van der Waals surface area contributed by atoms with Gasteiger partial charge in [0.1, 0.15) is 5.69 Å². The summed E-state index contributed by atoms with van der Waals surface area (Å²) in [7, 11) is -1.61. The predicted molar refractivity (Wildman–Crippen MR) is 123 cm³/mol. The van der Waals surface area contributed by atoms with Crippen LogP contribution in [0, 0.1) is 0 Å². The van der Waals surface area contributed by atoms with Gasteiger partial charge in [0, 0.05) is 12.0 Å². The molecule has 0 spiro atoms. The number of halogens is 3. The van der Waals surface area contributed by atoms with Crippen molar-refractivity contribution in [3.63, 3.8) is 0 Å². The second-order valence-electron chi connectivity index (χ2n) is 8.09. The van der Waals surface area contributed by atoms with Gasteiger partial charge in [-0.2, -0.15) is 13.2 Å². The monoisotopic (exact) mass is 529 g/mol. The Labute approximate surface area is 206 Å². The van der Waals surface area contributed by atoms with Crippen LogP contribution in [0.25, 0.3) is 11.3 Å². The van der Waals surface area contributed by atoms with Gasteiger partial charge < -0.3 is 14.3 Å². The Bertz CT molecular complexity index is 1220. The Kier molecular flexibility index (Phi) is 8.88. The summed E-state index contributed by atoms with van der Waals surface area (Å²) in [4.78, 5) is 23.9. The first-order valence-electron chi connectivity index (χ1n) is 11.2. The van der Waals surface area contributed by atoms with E-state index in [2.05, 4.69) is 15.1 Å². The number of rotatable bonds is 9. The maximum absolute atomic E-state index is 13.5. The molecule has 13 heteroatoms. The molecule has 1 aromatic heterocycles. The zero-order valence-corrected chi connectivity index (χ0v) is 20.6. The van der Waals surface area contributed by atoms with E-state index in [1.165, 1.54) is 32.4 Å². The number of oxime groups is 1. The molecule has 1 fully saturated rings. The summed E-state index contributed by atoms with van der Waals surface area (Å²) in [5.41, 5.74) is -0.729. The topological polar surface area (TPSA) is 117 Å². The lowest BCUT2D eigenvalue weighted by atomic mass is 9.99. The fraction of sp³-hybridized carbons (Fsp3) is 0.478. The quantitative estimate of drug-likeness (QED) is 0.263. The standard InChI is InChI=1S/C23H26F3N3O6S/c1-33-18-11-10-15(13-19(18)34-2)17-14-20(23(24,25)26)28-22(27-17)36(31,32)12-6-9-21(30)35-29-16-7-4-3-5-8-16/h10-11,13-14H,3-9,12H2,1-2H3. The Morgan fingerprint density at radius 2 is 1.72 bits per heavy atom. The second kappa shape index (κ2) is 11.7. The number of hydrogen-bond donors (Lipinski definition) is 0. The number of benzene rings is 1. The summed E-state index contributed by atoms with van der Waals surface area (Å²) in [5, 5.41) is 2.83. The molecule has 0 unspecified atom stereocenters. The third kappa shape index (κ3) is 7.15. The average Bonchev–Trinajstić information content (AvgIpc) is 2.86. The van der Waals surface area contributed by atoms with Crippen LogP contribution >= 0.6 is 0 Å². The second-order valence-corrected chi connectivity index (χ2v) is 10.1. The van der Waals surface area contributed by atoms with Crippen LogP contribution in [0.5, 0.6) is 11.5 Å². The molecule has 196 valence electrons. The molecular weight excluding hydrogens is 503 g/mol. The molecule has 1 aliphatic rings. The number of alkyl halides is 3. The molecule has 1 saturated carbocycles. The molecule has 0 atom stereocenters. The van der Waals surface area contributed by atoms with Gasteiger partial charge in [0.15, 0.2) is 11.5 Å². The minimum absolute atomic E-state index is 0.169. The Morgan fingerprint density at radius 3 is 2.36 bits per heavy atom. The predicted octanol–water partition coefficient (Wildman–Crippen LogP) is 4.60. The molecule has 36 heavy (non-hydrogen) atoms. The lowest BCUT2D eigenvalue weighted by molar-refractivity contribution is -0.144. The third-order valence-electron chi connectivity index (χ3n) is 5.45. The van der Waals surface area contributed by atoms with E-state index >= 15 is 0 Å². The first-order chi connectivity index (χ1) is 17.0. The summed E-state index contributed by atoms with van der Waals surface area (Å²) < 4.78 is 76.4. The highest BCUT2D eigenvalue weighted by Gasteiger charge is 2.35. The van der Waals surface area contributed by atoms with Gasteiger partial charge in [-0.3, -0.25) is 0 Å². The first kappa shape index (κ1) is 27.4. The number of sulfone groups is 1. The summed E-state index contributed by atoms with van der Waals surface area (Å²) in [5.74, 6) is -0.813. The van der Waals surface area contributed by atoms with Crippen LogP contribution in [0.4, 0.5) is 13.2 Å². The number of methoxy groups -OCH3 is 2. The number of ether oxygens (including phenoxy) is 2. The van der Waals surface area contributed by atoms with Crippen LogP contribution in [-0.2, 0) is 25.6 Å². The molecular formula is C23H26F3N3O6S. The van der Waals surface area contributed by atoms with Crippen LogP contribution in [0.1, 0.15) is 50.6 Å². The van der Waals surface area contributed by atoms with Crippen molar-refractivity contribution in [1.82, 2.24) is 9.97 Å². The maximum Gasteiger partial charge on any atom is 0.433 e. The Balaban J connectivity index is 1.79. The van der Waals surface area contributed by atoms with Crippen molar-refractivity contribution < 1.29 is 40.7 Å². The van der Waals surface area contributed by atoms with Crippen molar-refractivity contribution >= 4 is 21.5 Å². The molecule has 0 aliphatic heterocycles. The molecule has 1 heterocycles. The fourth-order valence-corrected chi connectivity index (χ4v) is 4.74. The number of carbonyl (C=O) groups excluding carboxylic acids is 1. The highest BCUT2D eigenvalue weighted by atomic mass is 32.2. The molecule has 1 aliphatic carbocycles. The van der Waals surface area contributed by atoms with Crippen LogP contribution in [-0.4, -0.2) is 50.0 Å². The van der Waals surface area contributed by atoms with Gasteiger partial charge in [-0.15, -0.1) is 0 Å². The number of aromatic nitrogens is 2. The molecule has 0 N–H and O–H groups in total. The zero-order valence-electron chi connectivity index (χ0n) is 19.8. The van der Waals surface area contributed by atoms with Crippen molar-refractivity contribution in [3.8, 4) is 22.8 Å². The lowest BCUT2D eigenvalue weighted by Gasteiger charge is -2.13. The zero-order chi connectivity index (χ0) is 26.3.